The third-order valence-electron chi connectivity index (χ3n) is 5.32. The number of carbonyl (C=O) groups is 2. The Bertz CT molecular complexity index is 1400. The number of Topliss-reactive ketones (excluding diaryl/α,β-unsaturated/α-hetero) is 1. The second-order valence-electron chi connectivity index (χ2n) is 7.56. The zero-order valence-corrected chi connectivity index (χ0v) is 19.4. The van der Waals surface area contributed by atoms with E-state index in [4.69, 9.17) is 4.74 Å². The van der Waals surface area contributed by atoms with Crippen LogP contribution >= 0.6 is 11.3 Å². The monoisotopic (exact) mass is 461 g/mol. The number of amides is 1. The lowest BCUT2D eigenvalue weighted by Gasteiger charge is -2.07. The molecular weight excluding hydrogens is 438 g/mol. The van der Waals surface area contributed by atoms with Gasteiger partial charge in [-0.2, -0.15) is 0 Å². The van der Waals surface area contributed by atoms with Crippen LogP contribution in [-0.4, -0.2) is 27.8 Å². The molecule has 2 aromatic heterocycles. The maximum Gasteiger partial charge on any atom is 0.266 e. The third-order valence-corrected chi connectivity index (χ3v) is 6.52. The summed E-state index contributed by atoms with van der Waals surface area (Å²) in [5, 5.41) is 3.26. The summed E-state index contributed by atoms with van der Waals surface area (Å²) < 4.78 is 6.68. The molecule has 0 unspecified atom stereocenters. The van der Waals surface area contributed by atoms with E-state index in [1.54, 1.807) is 31.2 Å². The molecule has 0 atom stereocenters. The van der Waals surface area contributed by atoms with Crippen LogP contribution in [0, 0.1) is 13.8 Å². The molecule has 0 saturated heterocycles. The lowest BCUT2D eigenvalue weighted by Crippen LogP contribution is -2.24. The minimum atomic E-state index is -0.344. The predicted octanol–water partition coefficient (Wildman–Crippen LogP) is 4.61. The number of rotatable bonds is 7. The largest absolute Gasteiger partial charge is 0.494 e. The van der Waals surface area contributed by atoms with Gasteiger partial charge in [0.1, 0.15) is 10.6 Å². The van der Waals surface area contributed by atoms with Gasteiger partial charge in [0.25, 0.3) is 11.5 Å². The van der Waals surface area contributed by atoms with Crippen LogP contribution in [0.3, 0.4) is 0 Å². The predicted molar refractivity (Wildman–Crippen MR) is 130 cm³/mol. The fourth-order valence-corrected chi connectivity index (χ4v) is 4.56. The maximum absolute atomic E-state index is 13.1. The number of fused-ring (bicyclic) bond motifs is 1. The van der Waals surface area contributed by atoms with Gasteiger partial charge in [0, 0.05) is 11.3 Å². The van der Waals surface area contributed by atoms with Gasteiger partial charge in [-0.15, -0.1) is 11.3 Å². The van der Waals surface area contributed by atoms with Gasteiger partial charge in [-0.3, -0.25) is 19.0 Å². The van der Waals surface area contributed by atoms with E-state index in [2.05, 4.69) is 10.3 Å². The smallest absolute Gasteiger partial charge is 0.266 e. The van der Waals surface area contributed by atoms with Gasteiger partial charge < -0.3 is 10.1 Å². The number of ether oxygens (including phenoxy) is 1. The SMILES string of the molecule is CCOc1ccc(C(=O)Cn2cnc3sc(C(=O)Nc4ccccc4C)c(C)c3c2=O)cc1. The first-order valence-corrected chi connectivity index (χ1v) is 11.3. The van der Waals surface area contributed by atoms with Crippen LogP contribution in [0.2, 0.25) is 0 Å². The molecule has 4 aromatic rings. The molecule has 2 aromatic carbocycles. The molecule has 0 aliphatic heterocycles. The number of hydrogen-bond donors (Lipinski definition) is 1. The second-order valence-corrected chi connectivity index (χ2v) is 8.56. The number of anilines is 1. The average molecular weight is 462 g/mol. The Morgan fingerprint density at radius 1 is 1.09 bits per heavy atom. The van der Waals surface area contributed by atoms with Crippen LogP contribution < -0.4 is 15.6 Å². The summed E-state index contributed by atoms with van der Waals surface area (Å²) in [7, 11) is 0. The molecule has 1 N–H and O–H groups in total. The average Bonchev–Trinajstić information content (AvgIpc) is 3.15. The Labute approximate surface area is 194 Å². The normalized spacial score (nSPS) is 10.9. The van der Waals surface area contributed by atoms with Crippen molar-refractivity contribution in [2.75, 3.05) is 11.9 Å². The van der Waals surface area contributed by atoms with Crippen LogP contribution in [0.5, 0.6) is 5.75 Å². The Morgan fingerprint density at radius 2 is 1.82 bits per heavy atom. The standard InChI is InChI=1S/C25H23N3O4S/c1-4-32-18-11-9-17(10-12-18)20(29)13-28-14-26-24-21(25(28)31)16(3)22(33-24)23(30)27-19-8-6-5-7-15(19)2/h5-12,14H,4,13H2,1-3H3,(H,27,30). The quantitative estimate of drug-likeness (QED) is 0.406. The Hall–Kier alpha value is -3.78. The number of thiophene rings is 1. The van der Waals surface area contributed by atoms with Crippen molar-refractivity contribution in [3.05, 3.63) is 86.8 Å². The maximum atomic E-state index is 13.1. The topological polar surface area (TPSA) is 90.3 Å². The number of nitrogens with zero attached hydrogens (tertiary/aromatic N) is 2. The first-order chi connectivity index (χ1) is 15.9. The van der Waals surface area contributed by atoms with Gasteiger partial charge in [-0.25, -0.2) is 4.98 Å². The van der Waals surface area contributed by atoms with Crippen molar-refractivity contribution in [3.8, 4) is 5.75 Å². The van der Waals surface area contributed by atoms with Crippen LogP contribution in [0.15, 0.2) is 59.7 Å². The number of para-hydroxylation sites is 1. The summed E-state index contributed by atoms with van der Waals surface area (Å²) in [5.41, 5.74) is 2.35. The van der Waals surface area contributed by atoms with Crippen molar-refractivity contribution in [2.45, 2.75) is 27.3 Å². The number of ketones is 1. The van der Waals surface area contributed by atoms with Crippen LogP contribution in [0.25, 0.3) is 10.2 Å². The molecule has 7 nitrogen and oxygen atoms in total. The zero-order chi connectivity index (χ0) is 23.5. The van der Waals surface area contributed by atoms with Gasteiger partial charge in [0.05, 0.1) is 29.7 Å². The number of carbonyl (C=O) groups excluding carboxylic acids is 2. The summed E-state index contributed by atoms with van der Waals surface area (Å²) >= 11 is 1.17. The van der Waals surface area contributed by atoms with E-state index in [-0.39, 0.29) is 23.8 Å². The lowest BCUT2D eigenvalue weighted by atomic mass is 10.1. The summed E-state index contributed by atoms with van der Waals surface area (Å²) in [5.74, 6) is 0.174. The molecule has 33 heavy (non-hydrogen) atoms. The van der Waals surface area contributed by atoms with Crippen molar-refractivity contribution in [3.63, 3.8) is 0 Å². The molecular formula is C25H23N3O4S. The Morgan fingerprint density at radius 3 is 2.52 bits per heavy atom. The summed E-state index contributed by atoms with van der Waals surface area (Å²) in [6, 6.07) is 14.3. The van der Waals surface area contributed by atoms with E-state index in [0.717, 1.165) is 5.56 Å². The first-order valence-electron chi connectivity index (χ1n) is 10.5. The van der Waals surface area contributed by atoms with E-state index in [1.165, 1.54) is 22.2 Å². The lowest BCUT2D eigenvalue weighted by molar-refractivity contribution is 0.0969. The number of aromatic nitrogens is 2. The summed E-state index contributed by atoms with van der Waals surface area (Å²) in [6.07, 6.45) is 1.36. The van der Waals surface area contributed by atoms with Crippen molar-refractivity contribution in [1.29, 1.82) is 0 Å². The van der Waals surface area contributed by atoms with E-state index in [9.17, 15) is 14.4 Å². The molecule has 0 radical (unpaired) electrons. The third kappa shape index (κ3) is 4.56. The van der Waals surface area contributed by atoms with Gasteiger partial charge in [-0.05, 0) is 62.2 Å². The molecule has 0 aliphatic carbocycles. The minimum absolute atomic E-state index is 0.143. The number of nitrogens with one attached hydrogen (secondary N) is 1. The van der Waals surface area contributed by atoms with Gasteiger partial charge in [0.15, 0.2) is 5.78 Å². The van der Waals surface area contributed by atoms with Crippen molar-refractivity contribution < 1.29 is 14.3 Å². The van der Waals surface area contributed by atoms with Crippen molar-refractivity contribution >= 4 is 38.9 Å². The van der Waals surface area contributed by atoms with Crippen LogP contribution in [-0.2, 0) is 6.54 Å². The number of hydrogen-bond acceptors (Lipinski definition) is 6. The molecule has 0 bridgehead atoms. The Kier molecular flexibility index (Phi) is 6.37. The highest BCUT2D eigenvalue weighted by molar-refractivity contribution is 7.20. The molecule has 0 spiro atoms. The van der Waals surface area contributed by atoms with E-state index in [0.29, 0.717) is 44.3 Å². The number of benzene rings is 2. The molecule has 1 amide bonds. The first kappa shape index (κ1) is 22.4. The fraction of sp³-hybridized carbons (Fsp3) is 0.200. The molecule has 0 saturated carbocycles. The zero-order valence-electron chi connectivity index (χ0n) is 18.5. The highest BCUT2D eigenvalue weighted by Crippen LogP contribution is 2.28. The number of aryl methyl sites for hydroxylation is 2. The van der Waals surface area contributed by atoms with Gasteiger partial charge in [-0.1, -0.05) is 18.2 Å². The van der Waals surface area contributed by atoms with Crippen LogP contribution in [0.4, 0.5) is 5.69 Å². The molecule has 168 valence electrons. The molecule has 8 heteroatoms. The summed E-state index contributed by atoms with van der Waals surface area (Å²) in [6.45, 7) is 5.93. The van der Waals surface area contributed by atoms with Crippen LogP contribution in [0.1, 0.15) is 38.1 Å². The van der Waals surface area contributed by atoms with Crippen molar-refractivity contribution in [2.24, 2.45) is 0 Å². The second kappa shape index (κ2) is 9.38. The van der Waals surface area contributed by atoms with E-state index < -0.39 is 0 Å². The van der Waals surface area contributed by atoms with E-state index in [1.807, 2.05) is 38.1 Å². The molecule has 2 heterocycles. The molecule has 4 rings (SSSR count). The van der Waals surface area contributed by atoms with E-state index >= 15 is 0 Å². The highest BCUT2D eigenvalue weighted by atomic mass is 32.1. The summed E-state index contributed by atoms with van der Waals surface area (Å²) in [4.78, 5) is 44.0. The fourth-order valence-electron chi connectivity index (χ4n) is 3.53. The van der Waals surface area contributed by atoms with Crippen molar-refractivity contribution in [1.82, 2.24) is 9.55 Å². The molecule has 0 aliphatic rings. The Balaban J connectivity index is 1.60. The highest BCUT2D eigenvalue weighted by Gasteiger charge is 2.20. The van der Waals surface area contributed by atoms with Gasteiger partial charge in [0.2, 0.25) is 0 Å². The minimum Gasteiger partial charge on any atom is -0.494 e. The molecule has 0 fully saturated rings. The van der Waals surface area contributed by atoms with Gasteiger partial charge >= 0.3 is 0 Å².